The maximum atomic E-state index is 14.5. The van der Waals surface area contributed by atoms with Gasteiger partial charge in [-0.15, -0.1) is 0 Å². The predicted octanol–water partition coefficient (Wildman–Crippen LogP) is 2.43. The molecule has 5 aliphatic carbocycles. The summed E-state index contributed by atoms with van der Waals surface area (Å²) in [5, 5.41) is 75.6. The lowest BCUT2D eigenvalue weighted by molar-refractivity contribution is -0.299. The Morgan fingerprint density at radius 2 is 1.59 bits per heavy atom. The average Bonchev–Trinajstić information content (AvgIpc) is 2.98. The molecule has 46 heavy (non-hydrogen) atoms. The summed E-state index contributed by atoms with van der Waals surface area (Å²) >= 11 is 0. The number of aliphatic hydroxyl groups excluding tert-OH is 6. The van der Waals surface area contributed by atoms with Gasteiger partial charge in [-0.2, -0.15) is 0 Å². The van der Waals surface area contributed by atoms with E-state index in [1.807, 2.05) is 13.8 Å². The van der Waals surface area contributed by atoms with Gasteiger partial charge in [-0.3, -0.25) is 4.79 Å². The molecule has 0 aromatic rings. The van der Waals surface area contributed by atoms with Crippen molar-refractivity contribution in [1.82, 2.24) is 0 Å². The number of ether oxygens (including phenoxy) is 2. The highest BCUT2D eigenvalue weighted by molar-refractivity contribution is 5.79. The first-order valence-electron chi connectivity index (χ1n) is 17.5. The van der Waals surface area contributed by atoms with Crippen LogP contribution in [0, 0.1) is 50.7 Å². The lowest BCUT2D eigenvalue weighted by Crippen LogP contribution is -2.69. The quantitative estimate of drug-likeness (QED) is 0.177. The smallest absolute Gasteiger partial charge is 0.315 e. The van der Waals surface area contributed by atoms with E-state index >= 15 is 0 Å². The normalized spacial score (nSPS) is 56.4. The second-order valence-electron chi connectivity index (χ2n) is 17.7. The van der Waals surface area contributed by atoms with Crippen molar-refractivity contribution in [2.75, 3.05) is 6.61 Å². The van der Waals surface area contributed by atoms with Crippen molar-refractivity contribution in [3.05, 3.63) is 11.6 Å². The number of carbonyl (C=O) groups is 1. The van der Waals surface area contributed by atoms with E-state index in [1.165, 1.54) is 0 Å². The van der Waals surface area contributed by atoms with Crippen molar-refractivity contribution in [1.29, 1.82) is 0 Å². The maximum absolute atomic E-state index is 14.5. The fourth-order valence-corrected chi connectivity index (χ4v) is 12.4. The number of rotatable bonds is 3. The highest BCUT2D eigenvalue weighted by Crippen LogP contribution is 2.76. The molecule has 3 unspecified atom stereocenters. The van der Waals surface area contributed by atoms with Crippen LogP contribution in [0.1, 0.15) is 99.8 Å². The Hall–Kier alpha value is -1.11. The first-order valence-corrected chi connectivity index (χ1v) is 17.5. The lowest BCUT2D eigenvalue weighted by Gasteiger charge is -2.72. The molecule has 1 heterocycles. The Kier molecular flexibility index (Phi) is 8.27. The predicted molar refractivity (Wildman–Crippen MR) is 168 cm³/mol. The molecule has 0 spiro atoms. The van der Waals surface area contributed by atoms with E-state index in [9.17, 15) is 40.5 Å². The van der Waals surface area contributed by atoms with Crippen molar-refractivity contribution in [3.63, 3.8) is 0 Å². The molecule has 10 nitrogen and oxygen atoms in total. The van der Waals surface area contributed by atoms with Gasteiger partial charge < -0.3 is 45.2 Å². The van der Waals surface area contributed by atoms with Gasteiger partial charge in [0.05, 0.1) is 29.8 Å². The molecule has 1 saturated heterocycles. The molecule has 6 rings (SSSR count). The SMILES string of the molecule is C[C@@H]1CC[C@]2(C(=O)O[C@@H]3O[C@H](CO)[C@@H](O)[C@H](O)[C@H]3O)CC[C@]3(C)C(=CCC4[C@@]5(C)C[C@@H](O)[C@H](O)C(C)(C)C5CC[C@]43C)C2[C@]1(C)O. The van der Waals surface area contributed by atoms with Crippen molar-refractivity contribution in [3.8, 4) is 0 Å². The number of allylic oxidation sites excluding steroid dienone is 1. The highest BCUT2D eigenvalue weighted by atomic mass is 16.7. The largest absolute Gasteiger partial charge is 0.432 e. The molecule has 262 valence electrons. The van der Waals surface area contributed by atoms with E-state index in [0.29, 0.717) is 32.1 Å². The molecule has 1 aliphatic heterocycles. The van der Waals surface area contributed by atoms with Crippen LogP contribution < -0.4 is 0 Å². The Bertz CT molecular complexity index is 1250. The fraction of sp³-hybridized carbons (Fsp3) is 0.917. The monoisotopic (exact) mass is 650 g/mol. The summed E-state index contributed by atoms with van der Waals surface area (Å²) in [5.74, 6) is -0.787. The second-order valence-corrected chi connectivity index (χ2v) is 17.7. The number of aliphatic hydroxyl groups is 7. The average molecular weight is 651 g/mol. The molecule has 0 aromatic carbocycles. The summed E-state index contributed by atoms with van der Waals surface area (Å²) < 4.78 is 11.5. The fourth-order valence-electron chi connectivity index (χ4n) is 12.4. The van der Waals surface area contributed by atoms with E-state index < -0.39 is 77.8 Å². The van der Waals surface area contributed by atoms with Crippen LogP contribution in [0.4, 0.5) is 0 Å². The van der Waals surface area contributed by atoms with Crippen LogP contribution in [0.2, 0.25) is 0 Å². The number of esters is 1. The van der Waals surface area contributed by atoms with E-state index in [0.717, 1.165) is 24.8 Å². The zero-order chi connectivity index (χ0) is 34.0. The molecule has 0 bridgehead atoms. The van der Waals surface area contributed by atoms with Crippen molar-refractivity contribution in [2.24, 2.45) is 50.7 Å². The van der Waals surface area contributed by atoms with E-state index in [-0.39, 0.29) is 34.0 Å². The number of carbonyl (C=O) groups excluding carboxylic acids is 1. The third kappa shape index (κ3) is 4.39. The number of fused-ring (bicyclic) bond motifs is 7. The molecular weight excluding hydrogens is 592 g/mol. The van der Waals surface area contributed by atoms with Crippen LogP contribution in [-0.4, -0.2) is 96.8 Å². The number of hydrogen-bond acceptors (Lipinski definition) is 10. The minimum absolute atomic E-state index is 0.0940. The zero-order valence-electron chi connectivity index (χ0n) is 28.6. The first kappa shape index (κ1) is 34.7. The van der Waals surface area contributed by atoms with Gasteiger partial charge >= 0.3 is 5.97 Å². The summed E-state index contributed by atoms with van der Waals surface area (Å²) in [6.07, 6.45) is -1.65. The second kappa shape index (κ2) is 10.9. The summed E-state index contributed by atoms with van der Waals surface area (Å²) in [4.78, 5) is 14.5. The van der Waals surface area contributed by atoms with E-state index in [1.54, 1.807) is 0 Å². The van der Waals surface area contributed by atoms with Crippen molar-refractivity contribution < 1.29 is 50.0 Å². The Labute approximate surface area is 273 Å². The van der Waals surface area contributed by atoms with E-state index in [2.05, 4.69) is 40.7 Å². The Morgan fingerprint density at radius 3 is 2.24 bits per heavy atom. The number of hydrogen-bond donors (Lipinski definition) is 7. The third-order valence-electron chi connectivity index (χ3n) is 15.5. The van der Waals surface area contributed by atoms with Gasteiger partial charge in [-0.25, -0.2) is 0 Å². The summed E-state index contributed by atoms with van der Waals surface area (Å²) in [6, 6.07) is 0. The Morgan fingerprint density at radius 1 is 0.913 bits per heavy atom. The molecule has 6 aliphatic rings. The minimum atomic E-state index is -1.70. The molecule has 0 amide bonds. The summed E-state index contributed by atoms with van der Waals surface area (Å²) in [7, 11) is 0. The van der Waals surface area contributed by atoms with Gasteiger partial charge in [0.15, 0.2) is 0 Å². The lowest BCUT2D eigenvalue weighted by atomic mass is 9.33. The molecule has 0 radical (unpaired) electrons. The minimum Gasteiger partial charge on any atom is -0.432 e. The Balaban J connectivity index is 1.39. The topological polar surface area (TPSA) is 177 Å². The van der Waals surface area contributed by atoms with Gasteiger partial charge in [0.2, 0.25) is 6.29 Å². The molecule has 4 saturated carbocycles. The van der Waals surface area contributed by atoms with Crippen LogP contribution in [0.5, 0.6) is 0 Å². The van der Waals surface area contributed by atoms with Crippen LogP contribution in [-0.2, 0) is 14.3 Å². The van der Waals surface area contributed by atoms with Crippen molar-refractivity contribution in [2.45, 2.75) is 148 Å². The van der Waals surface area contributed by atoms with Gasteiger partial charge in [0, 0.05) is 5.92 Å². The molecule has 0 aromatic heterocycles. The van der Waals surface area contributed by atoms with Crippen LogP contribution in [0.15, 0.2) is 11.6 Å². The molecule has 10 heteroatoms. The van der Waals surface area contributed by atoms with Gasteiger partial charge in [0.1, 0.15) is 24.4 Å². The zero-order valence-corrected chi connectivity index (χ0v) is 28.6. The molecule has 7 N–H and O–H groups in total. The standard InChI is InChI=1S/C36H58O10/c1-18-10-13-36(30(43)46-29-26(41)25(40)24(39)21(17-37)45-29)15-14-33(5)19(27(36)35(18,7)44)8-9-23-32(4)16-20(38)28(42)31(2,3)22(32)11-12-34(23,33)6/h8,18,20-29,37-42,44H,9-17H2,1-7H3/t18-,20-,21-,22?,23?,24-,25+,26-,27?,28+,29+,32+,33-,34-,35-,36+/m1/s1. The summed E-state index contributed by atoms with van der Waals surface area (Å²) in [5.41, 5.74) is -2.44. The maximum Gasteiger partial charge on any atom is 0.315 e. The molecular formula is C36H58O10. The van der Waals surface area contributed by atoms with Gasteiger partial charge in [0.25, 0.3) is 0 Å². The third-order valence-corrected chi connectivity index (χ3v) is 15.5. The van der Waals surface area contributed by atoms with Crippen LogP contribution in [0.25, 0.3) is 0 Å². The highest BCUT2D eigenvalue weighted by Gasteiger charge is 2.72. The first-order chi connectivity index (χ1) is 21.2. The van der Waals surface area contributed by atoms with Gasteiger partial charge in [-0.05, 0) is 97.7 Å². The molecule has 5 fully saturated rings. The van der Waals surface area contributed by atoms with Crippen LogP contribution >= 0.6 is 0 Å². The van der Waals surface area contributed by atoms with E-state index in [4.69, 9.17) is 9.47 Å². The molecule has 16 atom stereocenters. The summed E-state index contributed by atoms with van der Waals surface area (Å²) in [6.45, 7) is 14.4. The van der Waals surface area contributed by atoms with Crippen LogP contribution in [0.3, 0.4) is 0 Å². The van der Waals surface area contributed by atoms with Crippen molar-refractivity contribution >= 4 is 5.97 Å². The van der Waals surface area contributed by atoms with Gasteiger partial charge in [-0.1, -0.05) is 53.2 Å².